The summed E-state index contributed by atoms with van der Waals surface area (Å²) in [4.78, 5) is 0. The molecule has 1 aromatic rings. The number of ether oxygens (including phenoxy) is 1. The van der Waals surface area contributed by atoms with E-state index in [1.807, 2.05) is 19.1 Å². The summed E-state index contributed by atoms with van der Waals surface area (Å²) in [5.41, 5.74) is 1.30. The molecule has 1 aromatic carbocycles. The number of rotatable bonds is 5. The van der Waals surface area contributed by atoms with Crippen LogP contribution in [0.25, 0.3) is 0 Å². The summed E-state index contributed by atoms with van der Waals surface area (Å²) in [5, 5.41) is 3.37. The summed E-state index contributed by atoms with van der Waals surface area (Å²) in [6.07, 6.45) is 0. The van der Waals surface area contributed by atoms with Crippen molar-refractivity contribution in [1.29, 1.82) is 0 Å². The van der Waals surface area contributed by atoms with Crippen LogP contribution < -0.4 is 10.1 Å². The molecule has 0 heterocycles. The molecule has 0 saturated carbocycles. The Balaban J connectivity index is 2.62. The first-order chi connectivity index (χ1) is 6.77. The average Bonchev–Trinajstić information content (AvgIpc) is 2.20. The minimum absolute atomic E-state index is 0.413. The van der Waals surface area contributed by atoms with E-state index in [-0.39, 0.29) is 0 Å². The van der Waals surface area contributed by atoms with E-state index >= 15 is 0 Å². The largest absolute Gasteiger partial charge is 0.494 e. The topological polar surface area (TPSA) is 21.3 Å². The predicted molar refractivity (Wildman–Crippen MR) is 59.7 cm³/mol. The Morgan fingerprint density at radius 3 is 2.36 bits per heavy atom. The van der Waals surface area contributed by atoms with Crippen molar-refractivity contribution in [2.24, 2.45) is 0 Å². The van der Waals surface area contributed by atoms with Gasteiger partial charge in [-0.2, -0.15) is 0 Å². The molecule has 0 aliphatic carbocycles. The minimum atomic E-state index is 0.413. The molecule has 0 bridgehead atoms. The lowest BCUT2D eigenvalue weighted by Gasteiger charge is -2.13. The number of hydrogen-bond donors (Lipinski definition) is 1. The molecular formula is C12H19NO. The van der Waals surface area contributed by atoms with Gasteiger partial charge in [-0.15, -0.1) is 0 Å². The van der Waals surface area contributed by atoms with Crippen LogP contribution in [0.15, 0.2) is 24.3 Å². The van der Waals surface area contributed by atoms with Gasteiger partial charge in [0.25, 0.3) is 0 Å². The maximum Gasteiger partial charge on any atom is 0.119 e. The highest BCUT2D eigenvalue weighted by molar-refractivity contribution is 5.28. The van der Waals surface area contributed by atoms with Crippen molar-refractivity contribution in [3.63, 3.8) is 0 Å². The Morgan fingerprint density at radius 2 is 1.86 bits per heavy atom. The normalized spacial score (nSPS) is 12.5. The first-order valence-corrected chi connectivity index (χ1v) is 5.24. The van der Waals surface area contributed by atoms with Crippen molar-refractivity contribution in [2.75, 3.05) is 13.2 Å². The lowest BCUT2D eigenvalue weighted by molar-refractivity contribution is 0.340. The smallest absolute Gasteiger partial charge is 0.119 e. The van der Waals surface area contributed by atoms with Crippen LogP contribution in [0.3, 0.4) is 0 Å². The van der Waals surface area contributed by atoms with E-state index in [9.17, 15) is 0 Å². The summed E-state index contributed by atoms with van der Waals surface area (Å²) in [6, 6.07) is 8.67. The molecule has 0 fully saturated rings. The Hall–Kier alpha value is -1.02. The van der Waals surface area contributed by atoms with E-state index in [4.69, 9.17) is 4.74 Å². The molecule has 0 amide bonds. The van der Waals surface area contributed by atoms with Gasteiger partial charge in [0.1, 0.15) is 5.75 Å². The monoisotopic (exact) mass is 193 g/mol. The van der Waals surface area contributed by atoms with Gasteiger partial charge in [-0.3, -0.25) is 0 Å². The third-order valence-electron chi connectivity index (χ3n) is 2.20. The minimum Gasteiger partial charge on any atom is -0.494 e. The molecule has 0 aliphatic rings. The van der Waals surface area contributed by atoms with Gasteiger partial charge < -0.3 is 10.1 Å². The molecule has 0 aromatic heterocycles. The average molecular weight is 193 g/mol. The molecule has 14 heavy (non-hydrogen) atoms. The second-order valence-electron chi connectivity index (χ2n) is 3.28. The van der Waals surface area contributed by atoms with Crippen LogP contribution in [-0.2, 0) is 0 Å². The zero-order valence-corrected chi connectivity index (χ0v) is 9.21. The third kappa shape index (κ3) is 3.04. The lowest BCUT2D eigenvalue weighted by atomic mass is 10.1. The number of hydrogen-bond acceptors (Lipinski definition) is 2. The maximum absolute atomic E-state index is 5.38. The van der Waals surface area contributed by atoms with Gasteiger partial charge in [-0.1, -0.05) is 19.1 Å². The van der Waals surface area contributed by atoms with Crippen LogP contribution in [0.1, 0.15) is 32.4 Å². The van der Waals surface area contributed by atoms with Crippen LogP contribution in [-0.4, -0.2) is 13.2 Å². The second-order valence-corrected chi connectivity index (χ2v) is 3.28. The molecule has 0 aliphatic heterocycles. The first kappa shape index (κ1) is 11.1. The van der Waals surface area contributed by atoms with Gasteiger partial charge in [0, 0.05) is 6.04 Å². The molecular weight excluding hydrogens is 174 g/mol. The molecule has 0 radical (unpaired) electrons. The highest BCUT2D eigenvalue weighted by atomic mass is 16.5. The zero-order chi connectivity index (χ0) is 10.4. The van der Waals surface area contributed by atoms with Crippen LogP contribution in [0.5, 0.6) is 5.75 Å². The summed E-state index contributed by atoms with van der Waals surface area (Å²) in [5.74, 6) is 0.944. The Morgan fingerprint density at radius 1 is 1.21 bits per heavy atom. The first-order valence-electron chi connectivity index (χ1n) is 5.24. The van der Waals surface area contributed by atoms with Gasteiger partial charge in [0.15, 0.2) is 0 Å². The van der Waals surface area contributed by atoms with Gasteiger partial charge in [-0.25, -0.2) is 0 Å². The van der Waals surface area contributed by atoms with Crippen molar-refractivity contribution in [2.45, 2.75) is 26.8 Å². The van der Waals surface area contributed by atoms with E-state index in [0.29, 0.717) is 6.04 Å². The highest BCUT2D eigenvalue weighted by Crippen LogP contribution is 2.17. The quantitative estimate of drug-likeness (QED) is 0.776. The Bertz CT molecular complexity index is 256. The van der Waals surface area contributed by atoms with Crippen LogP contribution in [0, 0.1) is 0 Å². The van der Waals surface area contributed by atoms with Crippen molar-refractivity contribution in [3.05, 3.63) is 29.8 Å². The Labute approximate surface area is 86.3 Å². The Kier molecular flexibility index (Phi) is 4.47. The molecule has 1 atom stereocenters. The molecule has 78 valence electrons. The van der Waals surface area contributed by atoms with Crippen LogP contribution in [0.4, 0.5) is 0 Å². The van der Waals surface area contributed by atoms with Gasteiger partial charge in [-0.05, 0) is 38.1 Å². The predicted octanol–water partition coefficient (Wildman–Crippen LogP) is 2.76. The molecule has 1 N–H and O–H groups in total. The van der Waals surface area contributed by atoms with E-state index in [1.54, 1.807) is 0 Å². The van der Waals surface area contributed by atoms with E-state index in [0.717, 1.165) is 18.9 Å². The fourth-order valence-corrected chi connectivity index (χ4v) is 1.44. The van der Waals surface area contributed by atoms with Crippen molar-refractivity contribution in [1.82, 2.24) is 5.32 Å². The van der Waals surface area contributed by atoms with Crippen LogP contribution in [0.2, 0.25) is 0 Å². The molecule has 2 nitrogen and oxygen atoms in total. The summed E-state index contributed by atoms with van der Waals surface area (Å²) < 4.78 is 5.38. The molecule has 1 rings (SSSR count). The van der Waals surface area contributed by atoms with E-state index in [1.165, 1.54) is 5.56 Å². The van der Waals surface area contributed by atoms with Crippen molar-refractivity contribution >= 4 is 0 Å². The SMILES string of the molecule is CCNC(C)c1ccc(OCC)cc1. The van der Waals surface area contributed by atoms with Gasteiger partial charge in [0.2, 0.25) is 0 Å². The third-order valence-corrected chi connectivity index (χ3v) is 2.20. The molecule has 0 saturated heterocycles. The molecule has 1 unspecified atom stereocenters. The fraction of sp³-hybridized carbons (Fsp3) is 0.500. The lowest BCUT2D eigenvalue weighted by Crippen LogP contribution is -2.17. The highest BCUT2D eigenvalue weighted by Gasteiger charge is 2.02. The van der Waals surface area contributed by atoms with E-state index < -0.39 is 0 Å². The zero-order valence-electron chi connectivity index (χ0n) is 9.21. The maximum atomic E-state index is 5.38. The van der Waals surface area contributed by atoms with E-state index in [2.05, 4.69) is 31.3 Å². The summed E-state index contributed by atoms with van der Waals surface area (Å²) in [7, 11) is 0. The van der Waals surface area contributed by atoms with Gasteiger partial charge in [0.05, 0.1) is 6.61 Å². The van der Waals surface area contributed by atoms with Crippen LogP contribution >= 0.6 is 0 Å². The standard InChI is InChI=1S/C12H19NO/c1-4-13-10(3)11-6-8-12(9-7-11)14-5-2/h6-10,13H,4-5H2,1-3H3. The fourth-order valence-electron chi connectivity index (χ4n) is 1.44. The van der Waals surface area contributed by atoms with Gasteiger partial charge >= 0.3 is 0 Å². The summed E-state index contributed by atoms with van der Waals surface area (Å²) in [6.45, 7) is 8.00. The number of benzene rings is 1. The van der Waals surface area contributed by atoms with Crippen molar-refractivity contribution < 1.29 is 4.74 Å². The molecule has 0 spiro atoms. The number of nitrogens with one attached hydrogen (secondary N) is 1. The second kappa shape index (κ2) is 5.66. The summed E-state index contributed by atoms with van der Waals surface area (Å²) >= 11 is 0. The van der Waals surface area contributed by atoms with Crippen molar-refractivity contribution in [3.8, 4) is 5.75 Å². The molecule has 2 heteroatoms.